The van der Waals surface area contributed by atoms with Crippen LogP contribution in [0.5, 0.6) is 17.2 Å². The minimum Gasteiger partial charge on any atom is -0.494 e. The van der Waals surface area contributed by atoms with Gasteiger partial charge in [0.1, 0.15) is 23.9 Å². The molecule has 2 aromatic heterocycles. The van der Waals surface area contributed by atoms with E-state index in [2.05, 4.69) is 21.7 Å². The van der Waals surface area contributed by atoms with Crippen LogP contribution in [-0.4, -0.2) is 50.6 Å². The van der Waals surface area contributed by atoms with Gasteiger partial charge in [-0.15, -0.1) is 0 Å². The smallest absolute Gasteiger partial charge is 0.338 e. The van der Waals surface area contributed by atoms with Crippen LogP contribution in [0.3, 0.4) is 0 Å². The zero-order valence-corrected chi connectivity index (χ0v) is 24.1. The Morgan fingerprint density at radius 3 is 2.53 bits per heavy atom. The number of methoxy groups -OCH3 is 1. The van der Waals surface area contributed by atoms with Crippen molar-refractivity contribution in [3.8, 4) is 28.5 Å². The SMILES string of the molecule is C=Nc1ncnc2c1c(-c1ccc(Oc3cccc(OC)c3F)cc1)nn2[C@@H]1CCC[C@@H](OC(=O)c2ccc([N+](=O)[O-])cc2)C1. The molecule has 228 valence electrons. The Bertz CT molecular complexity index is 1890. The summed E-state index contributed by atoms with van der Waals surface area (Å²) in [6.45, 7) is 3.67. The van der Waals surface area contributed by atoms with Gasteiger partial charge in [-0.3, -0.25) is 10.1 Å². The number of fused-ring (bicyclic) bond motifs is 1. The van der Waals surface area contributed by atoms with E-state index in [9.17, 15) is 19.3 Å². The van der Waals surface area contributed by atoms with Gasteiger partial charge in [-0.25, -0.2) is 24.4 Å². The van der Waals surface area contributed by atoms with Crippen LogP contribution < -0.4 is 9.47 Å². The molecule has 13 heteroatoms. The Balaban J connectivity index is 1.26. The molecule has 0 unspecified atom stereocenters. The number of halogens is 1. The molecule has 0 radical (unpaired) electrons. The molecular formula is C32H27FN6O6. The van der Waals surface area contributed by atoms with Gasteiger partial charge < -0.3 is 14.2 Å². The lowest BCUT2D eigenvalue weighted by molar-refractivity contribution is -0.384. The maximum Gasteiger partial charge on any atom is 0.338 e. The van der Waals surface area contributed by atoms with E-state index in [1.165, 1.54) is 49.8 Å². The van der Waals surface area contributed by atoms with E-state index in [-0.39, 0.29) is 34.9 Å². The lowest BCUT2D eigenvalue weighted by atomic mass is 9.93. The van der Waals surface area contributed by atoms with E-state index in [0.717, 1.165) is 18.4 Å². The number of carbonyl (C=O) groups excluding carboxylic acids is 1. The fourth-order valence-corrected chi connectivity index (χ4v) is 5.46. The third kappa shape index (κ3) is 5.92. The number of carbonyl (C=O) groups is 1. The molecular weight excluding hydrogens is 583 g/mol. The van der Waals surface area contributed by atoms with Crippen molar-refractivity contribution in [1.82, 2.24) is 19.7 Å². The third-order valence-corrected chi connectivity index (χ3v) is 7.65. The number of rotatable bonds is 9. The first-order valence-corrected chi connectivity index (χ1v) is 14.1. The molecule has 5 aromatic rings. The van der Waals surface area contributed by atoms with Crippen LogP contribution in [-0.2, 0) is 4.74 Å². The maximum atomic E-state index is 14.6. The Morgan fingerprint density at radius 2 is 1.82 bits per heavy atom. The van der Waals surface area contributed by atoms with Gasteiger partial charge in [0, 0.05) is 24.1 Å². The van der Waals surface area contributed by atoms with E-state index < -0.39 is 16.7 Å². The predicted octanol–water partition coefficient (Wildman–Crippen LogP) is 7.01. The maximum absolute atomic E-state index is 14.6. The highest BCUT2D eigenvalue weighted by atomic mass is 19.1. The Hall–Kier alpha value is -5.72. The fraction of sp³-hybridized carbons (Fsp3) is 0.219. The Kier molecular flexibility index (Phi) is 8.14. The lowest BCUT2D eigenvalue weighted by Gasteiger charge is -2.29. The molecule has 12 nitrogen and oxygen atoms in total. The van der Waals surface area contributed by atoms with Gasteiger partial charge in [0.05, 0.1) is 29.0 Å². The van der Waals surface area contributed by atoms with Crippen molar-refractivity contribution in [3.63, 3.8) is 0 Å². The standard InChI is InChI=1S/C32H27FN6O6/c1-34-30-27-29(19-11-15-23(16-12-19)44-26-8-4-7-25(43-2)28(26)33)37-38(31(27)36-18-35-30)22-5-3-6-24(17-22)45-32(40)20-9-13-21(14-10-20)39(41)42/h4,7-16,18,22,24H,1,3,5-6,17H2,2H3/t22-,24-/m1/s1. The molecule has 1 aliphatic rings. The molecule has 0 N–H and O–H groups in total. The number of hydrogen-bond acceptors (Lipinski definition) is 10. The van der Waals surface area contributed by atoms with Crippen LogP contribution in [0.15, 0.2) is 78.0 Å². The number of nitro benzene ring substituents is 1. The molecule has 2 atom stereocenters. The molecule has 1 aliphatic carbocycles. The predicted molar refractivity (Wildman–Crippen MR) is 163 cm³/mol. The molecule has 3 aromatic carbocycles. The summed E-state index contributed by atoms with van der Waals surface area (Å²) in [5.74, 6) is -0.244. The molecule has 0 spiro atoms. The summed E-state index contributed by atoms with van der Waals surface area (Å²) in [6, 6.07) is 16.9. The van der Waals surface area contributed by atoms with E-state index in [0.29, 0.717) is 41.1 Å². The fourth-order valence-electron chi connectivity index (χ4n) is 5.46. The van der Waals surface area contributed by atoms with Crippen molar-refractivity contribution in [2.75, 3.05) is 7.11 Å². The molecule has 45 heavy (non-hydrogen) atoms. The van der Waals surface area contributed by atoms with E-state index in [1.54, 1.807) is 30.3 Å². The molecule has 0 saturated heterocycles. The highest BCUT2D eigenvalue weighted by Crippen LogP contribution is 2.39. The highest BCUT2D eigenvalue weighted by Gasteiger charge is 2.30. The summed E-state index contributed by atoms with van der Waals surface area (Å²) in [7, 11) is 1.39. The minimum atomic E-state index is -0.600. The number of non-ortho nitro benzene ring substituents is 1. The first kappa shape index (κ1) is 29.4. The zero-order valence-electron chi connectivity index (χ0n) is 24.1. The second-order valence-corrected chi connectivity index (χ2v) is 10.4. The first-order chi connectivity index (χ1) is 21.9. The van der Waals surface area contributed by atoms with E-state index in [1.807, 2.05) is 4.68 Å². The van der Waals surface area contributed by atoms with Gasteiger partial charge in [0.25, 0.3) is 5.69 Å². The van der Waals surface area contributed by atoms with Crippen LogP contribution in [0, 0.1) is 15.9 Å². The van der Waals surface area contributed by atoms with Crippen molar-refractivity contribution < 1.29 is 28.3 Å². The molecule has 0 bridgehead atoms. The quantitative estimate of drug-likeness (QED) is 0.0744. The van der Waals surface area contributed by atoms with Crippen LogP contribution in [0.2, 0.25) is 0 Å². The summed E-state index contributed by atoms with van der Waals surface area (Å²) < 4.78 is 33.0. The summed E-state index contributed by atoms with van der Waals surface area (Å²) in [6.07, 6.45) is 3.75. The van der Waals surface area contributed by atoms with Gasteiger partial charge in [-0.2, -0.15) is 9.49 Å². The number of aromatic nitrogens is 4. The first-order valence-electron chi connectivity index (χ1n) is 14.1. The van der Waals surface area contributed by atoms with Crippen molar-refractivity contribution in [2.24, 2.45) is 4.99 Å². The number of aliphatic imine (C=N–C) groups is 1. The monoisotopic (exact) mass is 610 g/mol. The molecule has 1 saturated carbocycles. The van der Waals surface area contributed by atoms with Crippen LogP contribution in [0.1, 0.15) is 42.1 Å². The summed E-state index contributed by atoms with van der Waals surface area (Å²) in [5.41, 5.74) is 2.01. The van der Waals surface area contributed by atoms with E-state index in [4.69, 9.17) is 19.3 Å². The number of esters is 1. The average molecular weight is 611 g/mol. The highest BCUT2D eigenvalue weighted by molar-refractivity contribution is 5.98. The van der Waals surface area contributed by atoms with E-state index >= 15 is 0 Å². The topological polar surface area (TPSA) is 144 Å². The number of nitro groups is 1. The van der Waals surface area contributed by atoms with Crippen molar-refractivity contribution in [3.05, 3.63) is 94.6 Å². The Morgan fingerprint density at radius 1 is 1.07 bits per heavy atom. The molecule has 2 heterocycles. The molecule has 0 aliphatic heterocycles. The number of ether oxygens (including phenoxy) is 3. The third-order valence-electron chi connectivity index (χ3n) is 7.65. The summed E-state index contributed by atoms with van der Waals surface area (Å²) in [4.78, 5) is 36.2. The van der Waals surface area contributed by atoms with Crippen LogP contribution in [0.25, 0.3) is 22.3 Å². The zero-order chi connectivity index (χ0) is 31.5. The van der Waals surface area contributed by atoms with Crippen molar-refractivity contribution >= 4 is 35.2 Å². The van der Waals surface area contributed by atoms with Gasteiger partial charge >= 0.3 is 5.97 Å². The van der Waals surface area contributed by atoms with Crippen molar-refractivity contribution in [1.29, 1.82) is 0 Å². The molecule has 0 amide bonds. The van der Waals surface area contributed by atoms with Gasteiger partial charge in [0.2, 0.25) is 5.82 Å². The van der Waals surface area contributed by atoms with Crippen molar-refractivity contribution in [2.45, 2.75) is 37.8 Å². The largest absolute Gasteiger partial charge is 0.494 e. The number of benzene rings is 3. The Labute approximate surface area is 256 Å². The second kappa shape index (κ2) is 12.5. The summed E-state index contributed by atoms with van der Waals surface area (Å²) >= 11 is 0. The number of nitrogens with zero attached hydrogens (tertiary/aromatic N) is 6. The summed E-state index contributed by atoms with van der Waals surface area (Å²) in [5, 5.41) is 16.5. The van der Waals surface area contributed by atoms with Gasteiger partial charge in [-0.05, 0) is 74.5 Å². The van der Waals surface area contributed by atoms with Crippen LogP contribution >= 0.6 is 0 Å². The van der Waals surface area contributed by atoms with Gasteiger partial charge in [-0.1, -0.05) is 6.07 Å². The van der Waals surface area contributed by atoms with Crippen LogP contribution in [0.4, 0.5) is 15.9 Å². The van der Waals surface area contributed by atoms with Gasteiger partial charge in [0.15, 0.2) is 23.0 Å². The molecule has 1 fully saturated rings. The second-order valence-electron chi connectivity index (χ2n) is 10.4. The lowest BCUT2D eigenvalue weighted by Crippen LogP contribution is -2.28. The average Bonchev–Trinajstić information content (AvgIpc) is 3.46. The number of hydrogen-bond donors (Lipinski definition) is 0. The normalized spacial score (nSPS) is 16.2. The molecule has 6 rings (SSSR count). The minimum absolute atomic E-state index is 0.0319.